The van der Waals surface area contributed by atoms with Crippen LogP contribution < -0.4 is 0 Å². The molecule has 0 rings (SSSR count). The van der Waals surface area contributed by atoms with Crippen molar-refractivity contribution >= 4 is 10.6 Å². The van der Waals surface area contributed by atoms with E-state index in [0.29, 0.717) is 0 Å². The van der Waals surface area contributed by atoms with E-state index >= 15 is 0 Å². The molecule has 0 aromatic carbocycles. The normalized spacial score (nSPS) is 16.6. The van der Waals surface area contributed by atoms with E-state index < -0.39 is 11.8 Å². The average Bonchev–Trinajstić information content (AvgIpc) is 1.30. The fourth-order valence-electron chi connectivity index (χ4n) is 0.0436. The number of rotatable bonds is 1. The molecule has 6 heteroatoms. The van der Waals surface area contributed by atoms with Crippen molar-refractivity contribution in [1.82, 2.24) is 0 Å². The van der Waals surface area contributed by atoms with Crippen LogP contribution in [0.4, 0.5) is 0 Å². The first-order valence-electron chi connectivity index (χ1n) is 1.06. The van der Waals surface area contributed by atoms with Gasteiger partial charge in [0.05, 0.1) is 0 Å². The second kappa shape index (κ2) is 2.19. The van der Waals surface area contributed by atoms with E-state index in [1.54, 1.807) is 0 Å². The molecule has 1 atom stereocenters. The Balaban J connectivity index is 3.92. The van der Waals surface area contributed by atoms with Gasteiger partial charge in [0, 0.05) is 0 Å². The Kier molecular flexibility index (Phi) is 2.12. The summed E-state index contributed by atoms with van der Waals surface area (Å²) in [6, 6.07) is 0. The Morgan fingerprint density at radius 1 is 2.00 bits per heavy atom. The van der Waals surface area contributed by atoms with Crippen molar-refractivity contribution in [3.05, 3.63) is 0 Å². The van der Waals surface area contributed by atoms with Crippen molar-refractivity contribution in [3.8, 4) is 6.26 Å². The molecule has 4 nitrogen and oxygen atoms in total. The summed E-state index contributed by atoms with van der Waals surface area (Å²) in [5.41, 5.74) is 0. The van der Waals surface area contributed by atoms with Gasteiger partial charge in [-0.2, -0.15) is 0 Å². The van der Waals surface area contributed by atoms with E-state index in [1.807, 2.05) is 0 Å². The summed E-state index contributed by atoms with van der Waals surface area (Å²) < 4.78 is 21.2. The summed E-state index contributed by atoms with van der Waals surface area (Å²) >= 11 is -4.20. The molecule has 0 aliphatic carbocycles. The number of nitrogens with zero attached hydrogens (tertiary/aromatic N) is 1. The van der Waals surface area contributed by atoms with Crippen LogP contribution in [-0.4, -0.2) is 4.19 Å². The first-order chi connectivity index (χ1) is 3.06. The number of hydrogen-bond acceptors (Lipinski definition) is 4. The third kappa shape index (κ3) is 5.79. The standard InChI is InChI=1S/CHNO.Mn.H2O.O.S/c2-1-3;;;;/h3H;;1H2;;/q;+2;;;/p-2. The summed E-state index contributed by atoms with van der Waals surface area (Å²) in [5, 5.41) is 7.54. The Morgan fingerprint density at radius 2 is 2.43 bits per heavy atom. The van der Waals surface area contributed by atoms with Crippen LogP contribution in [-0.2, 0) is 19.5 Å². The third-order valence-electron chi connectivity index (χ3n) is 0.132. The van der Waals surface area contributed by atoms with E-state index in [1.165, 1.54) is 0 Å². The van der Waals surface area contributed by atoms with Crippen molar-refractivity contribution in [1.29, 1.82) is 5.26 Å². The quantitative estimate of drug-likeness (QED) is 0.431. The predicted molar refractivity (Wildman–Crippen MR) is 17.2 cm³/mol. The summed E-state index contributed by atoms with van der Waals surface area (Å²) in [4.78, 5) is 0. The van der Waals surface area contributed by atoms with E-state index in [9.17, 15) is 3.83 Å². The van der Waals surface area contributed by atoms with Crippen LogP contribution in [0.3, 0.4) is 0 Å². The van der Waals surface area contributed by atoms with Crippen molar-refractivity contribution in [2.45, 2.75) is 0 Å². The maximum atomic E-state index is 9.77. The Labute approximate surface area is 46.3 Å². The third-order valence-corrected chi connectivity index (χ3v) is 0.804. The Hall–Kier alpha value is -0.211. The summed E-state index contributed by atoms with van der Waals surface area (Å²) in [5.74, 6) is 0. The molecule has 0 bridgehead atoms. The Morgan fingerprint density at radius 3 is 2.43 bits per heavy atom. The van der Waals surface area contributed by atoms with E-state index in [2.05, 4.69) is 14.4 Å². The zero-order valence-electron chi connectivity index (χ0n) is 3.00. The van der Waals surface area contributed by atoms with Crippen LogP contribution in [0.25, 0.3) is 0 Å². The van der Waals surface area contributed by atoms with Gasteiger partial charge in [-0.05, 0) is 0 Å². The second-order valence-electron chi connectivity index (χ2n) is 0.564. The zero-order chi connectivity index (χ0) is 5.91. The van der Waals surface area contributed by atoms with Crippen LogP contribution in [0.1, 0.15) is 0 Å². The molecule has 0 heterocycles. The molecule has 0 fully saturated rings. The van der Waals surface area contributed by atoms with Gasteiger partial charge in [-0.3, -0.25) is 0 Å². The second-order valence-corrected chi connectivity index (χ2v) is 3.65. The SMILES string of the molecule is N#C[O][Mn](=[O])([OH])=[S]. The van der Waals surface area contributed by atoms with Gasteiger partial charge >= 0.3 is 45.7 Å². The zero-order valence-corrected chi connectivity index (χ0v) is 4.99. The molecule has 0 radical (unpaired) electrons. The van der Waals surface area contributed by atoms with E-state index in [0.717, 1.165) is 6.26 Å². The Bertz CT molecular complexity index is 176. The summed E-state index contributed by atoms with van der Waals surface area (Å²) in [6.07, 6.45) is 1.00. The molecule has 41 valence electrons. The molecule has 1 unspecified atom stereocenters. The number of hydrogen-bond donors (Lipinski definition) is 1. The van der Waals surface area contributed by atoms with Gasteiger partial charge < -0.3 is 0 Å². The van der Waals surface area contributed by atoms with Gasteiger partial charge in [0.1, 0.15) is 0 Å². The van der Waals surface area contributed by atoms with Gasteiger partial charge in [0.2, 0.25) is 0 Å². The van der Waals surface area contributed by atoms with Crippen LogP contribution in [0.2, 0.25) is 0 Å². The van der Waals surface area contributed by atoms with Crippen LogP contribution >= 0.6 is 10.6 Å². The van der Waals surface area contributed by atoms with Crippen molar-refractivity contribution in [2.75, 3.05) is 0 Å². The van der Waals surface area contributed by atoms with E-state index in [4.69, 9.17) is 9.45 Å². The minimum absolute atomic E-state index is 1.00. The van der Waals surface area contributed by atoms with Crippen LogP contribution in [0.15, 0.2) is 0 Å². The molecule has 0 saturated heterocycles. The first-order valence-corrected chi connectivity index (χ1v) is 4.31. The molecular weight excluding hydrogens is 161 g/mol. The fraction of sp³-hybridized carbons (Fsp3) is 0. The molecule has 0 spiro atoms. The van der Waals surface area contributed by atoms with Crippen LogP contribution in [0.5, 0.6) is 0 Å². The average molecular weight is 162 g/mol. The fourth-order valence-corrected chi connectivity index (χ4v) is 0.296. The molecular formula is CHMnNO3S. The molecule has 0 aliphatic rings. The summed E-state index contributed by atoms with van der Waals surface area (Å²) in [6.45, 7) is 0. The first kappa shape index (κ1) is 6.79. The molecule has 0 aromatic rings. The van der Waals surface area contributed by atoms with Gasteiger partial charge in [-0.25, -0.2) is 0 Å². The van der Waals surface area contributed by atoms with E-state index in [-0.39, 0.29) is 0 Å². The number of nitriles is 1. The van der Waals surface area contributed by atoms with Crippen molar-refractivity contribution in [3.63, 3.8) is 0 Å². The van der Waals surface area contributed by atoms with Gasteiger partial charge in [-0.15, -0.1) is 0 Å². The molecule has 0 aliphatic heterocycles. The molecule has 0 amide bonds. The predicted octanol–water partition coefficient (Wildman–Crippen LogP) is -0.0817. The monoisotopic (exact) mass is 162 g/mol. The topological polar surface area (TPSA) is 70.3 Å². The molecule has 1 N–H and O–H groups in total. The van der Waals surface area contributed by atoms with Gasteiger partial charge in [-0.1, -0.05) is 0 Å². The van der Waals surface area contributed by atoms with Gasteiger partial charge in [0.15, 0.2) is 0 Å². The van der Waals surface area contributed by atoms with Crippen molar-refractivity contribution in [2.24, 2.45) is 0 Å². The van der Waals surface area contributed by atoms with Crippen LogP contribution in [0, 0.1) is 11.5 Å². The minimum atomic E-state index is -4.20. The maximum absolute atomic E-state index is 9.77. The molecule has 7 heavy (non-hydrogen) atoms. The molecule has 0 aromatic heterocycles. The summed E-state index contributed by atoms with van der Waals surface area (Å²) in [7, 11) is 3.78. The van der Waals surface area contributed by atoms with Crippen molar-refractivity contribution < 1.29 is 23.6 Å². The molecule has 0 saturated carbocycles. The van der Waals surface area contributed by atoms with Gasteiger partial charge in [0.25, 0.3) is 0 Å².